The monoisotopic (exact) mass is 355 g/mol. The van der Waals surface area contributed by atoms with Gasteiger partial charge in [-0.3, -0.25) is 4.99 Å². The van der Waals surface area contributed by atoms with E-state index in [0.717, 1.165) is 43.7 Å². The van der Waals surface area contributed by atoms with E-state index in [1.165, 1.54) is 25.7 Å². The molecule has 2 saturated heterocycles. The predicted octanol–water partition coefficient (Wildman–Crippen LogP) is 2.29. The summed E-state index contributed by atoms with van der Waals surface area (Å²) in [6, 6.07) is 0.402. The minimum Gasteiger partial charge on any atom is -0.354 e. The number of aliphatic imine (C=N–C) groups is 1. The van der Waals surface area contributed by atoms with Gasteiger partial charge in [-0.15, -0.1) is 0 Å². The molecule has 0 bridgehead atoms. The van der Waals surface area contributed by atoms with Gasteiger partial charge in [-0.2, -0.15) is 0 Å². The number of likely N-dealkylation sites (tertiary alicyclic amines) is 1. The summed E-state index contributed by atoms with van der Waals surface area (Å²) < 4.78 is 23.3. The zero-order valence-corrected chi connectivity index (χ0v) is 16.0. The Morgan fingerprint density at radius 2 is 1.88 bits per heavy atom. The van der Waals surface area contributed by atoms with Crippen molar-refractivity contribution in [3.05, 3.63) is 0 Å². The number of rotatable bonds is 4. The van der Waals surface area contributed by atoms with Gasteiger partial charge in [0.15, 0.2) is 15.8 Å². The van der Waals surface area contributed by atoms with Crippen molar-refractivity contribution in [1.82, 2.24) is 10.2 Å². The van der Waals surface area contributed by atoms with Crippen molar-refractivity contribution in [2.45, 2.75) is 58.4 Å². The highest BCUT2D eigenvalue weighted by molar-refractivity contribution is 7.91. The number of hydrogen-bond acceptors (Lipinski definition) is 3. The van der Waals surface area contributed by atoms with Crippen LogP contribution < -0.4 is 5.32 Å². The summed E-state index contributed by atoms with van der Waals surface area (Å²) in [4.78, 5) is 7.31. The fraction of sp³-hybridized carbons (Fsp3) is 0.944. The standard InChI is InChI=1S/C18H33N3O2S/c1-3-14(2)20-18(19-10-15-8-9-24(22,23)13-15)21-11-16-6-4-5-7-17(16)12-21/h14-17H,3-13H2,1-2H3,(H,19,20). The van der Waals surface area contributed by atoms with Crippen LogP contribution in [0.15, 0.2) is 4.99 Å². The molecule has 24 heavy (non-hydrogen) atoms. The quantitative estimate of drug-likeness (QED) is 0.621. The molecule has 0 radical (unpaired) electrons. The number of nitrogens with zero attached hydrogens (tertiary/aromatic N) is 2. The number of guanidine groups is 1. The number of hydrogen-bond donors (Lipinski definition) is 1. The third-order valence-corrected chi connectivity index (χ3v) is 7.93. The van der Waals surface area contributed by atoms with Crippen molar-refractivity contribution in [1.29, 1.82) is 0 Å². The smallest absolute Gasteiger partial charge is 0.194 e. The Morgan fingerprint density at radius 1 is 1.21 bits per heavy atom. The van der Waals surface area contributed by atoms with Crippen molar-refractivity contribution in [3.63, 3.8) is 0 Å². The first-order valence-corrected chi connectivity index (χ1v) is 11.6. The van der Waals surface area contributed by atoms with Crippen LogP contribution in [0.4, 0.5) is 0 Å². The maximum atomic E-state index is 11.7. The van der Waals surface area contributed by atoms with Gasteiger partial charge in [-0.05, 0) is 50.4 Å². The van der Waals surface area contributed by atoms with Crippen LogP contribution in [-0.2, 0) is 9.84 Å². The first kappa shape index (κ1) is 18.0. The topological polar surface area (TPSA) is 61.8 Å². The van der Waals surface area contributed by atoms with Gasteiger partial charge in [0.05, 0.1) is 11.5 Å². The maximum absolute atomic E-state index is 11.7. The van der Waals surface area contributed by atoms with Crippen LogP contribution in [0.25, 0.3) is 0 Å². The Morgan fingerprint density at radius 3 is 2.42 bits per heavy atom. The summed E-state index contributed by atoms with van der Waals surface area (Å²) in [5.41, 5.74) is 0. The van der Waals surface area contributed by atoms with E-state index in [4.69, 9.17) is 4.99 Å². The van der Waals surface area contributed by atoms with Crippen molar-refractivity contribution < 1.29 is 8.42 Å². The summed E-state index contributed by atoms with van der Waals surface area (Å²) in [5.74, 6) is 3.54. The average molecular weight is 356 g/mol. The number of fused-ring (bicyclic) bond motifs is 1. The third kappa shape index (κ3) is 4.44. The molecule has 138 valence electrons. The lowest BCUT2D eigenvalue weighted by Gasteiger charge is -2.25. The lowest BCUT2D eigenvalue weighted by atomic mass is 9.82. The van der Waals surface area contributed by atoms with E-state index in [-0.39, 0.29) is 5.92 Å². The van der Waals surface area contributed by atoms with E-state index in [1.54, 1.807) is 0 Å². The molecule has 0 aromatic heterocycles. The summed E-state index contributed by atoms with van der Waals surface area (Å²) >= 11 is 0. The van der Waals surface area contributed by atoms with Gasteiger partial charge in [0.25, 0.3) is 0 Å². The van der Waals surface area contributed by atoms with E-state index < -0.39 is 9.84 Å². The van der Waals surface area contributed by atoms with Crippen LogP contribution in [-0.4, -0.2) is 56.5 Å². The van der Waals surface area contributed by atoms with Crippen LogP contribution in [0.2, 0.25) is 0 Å². The summed E-state index contributed by atoms with van der Waals surface area (Å²) in [6.07, 6.45) is 7.31. The number of sulfone groups is 1. The summed E-state index contributed by atoms with van der Waals surface area (Å²) in [7, 11) is -2.81. The first-order chi connectivity index (χ1) is 11.5. The Hall–Kier alpha value is -0.780. The van der Waals surface area contributed by atoms with E-state index >= 15 is 0 Å². The molecule has 2 aliphatic heterocycles. The summed E-state index contributed by atoms with van der Waals surface area (Å²) in [5, 5.41) is 3.59. The molecule has 1 saturated carbocycles. The average Bonchev–Trinajstić information content (AvgIpc) is 3.13. The van der Waals surface area contributed by atoms with Crippen molar-refractivity contribution in [2.75, 3.05) is 31.1 Å². The Bertz CT molecular complexity index is 547. The molecule has 3 fully saturated rings. The molecule has 4 unspecified atom stereocenters. The molecule has 3 aliphatic rings. The second-order valence-electron chi connectivity index (χ2n) is 8.10. The molecule has 0 aromatic carbocycles. The van der Waals surface area contributed by atoms with Gasteiger partial charge in [0.2, 0.25) is 0 Å². The zero-order chi connectivity index (χ0) is 17.2. The van der Waals surface area contributed by atoms with Gasteiger partial charge < -0.3 is 10.2 Å². The van der Waals surface area contributed by atoms with Gasteiger partial charge in [-0.25, -0.2) is 8.42 Å². The lowest BCUT2D eigenvalue weighted by molar-refractivity contribution is 0.299. The molecule has 0 spiro atoms. The first-order valence-electron chi connectivity index (χ1n) is 9.73. The highest BCUT2D eigenvalue weighted by atomic mass is 32.2. The lowest BCUT2D eigenvalue weighted by Crippen LogP contribution is -2.44. The van der Waals surface area contributed by atoms with Crippen LogP contribution in [0, 0.1) is 17.8 Å². The van der Waals surface area contributed by atoms with Gasteiger partial charge >= 0.3 is 0 Å². The van der Waals surface area contributed by atoms with E-state index in [0.29, 0.717) is 24.1 Å². The van der Waals surface area contributed by atoms with Gasteiger partial charge in [0.1, 0.15) is 0 Å². The van der Waals surface area contributed by atoms with E-state index in [2.05, 4.69) is 24.1 Å². The second-order valence-corrected chi connectivity index (χ2v) is 10.3. The minimum atomic E-state index is -2.81. The van der Waals surface area contributed by atoms with Crippen LogP contribution in [0.3, 0.4) is 0 Å². The minimum absolute atomic E-state index is 0.202. The maximum Gasteiger partial charge on any atom is 0.194 e. The van der Waals surface area contributed by atoms with Crippen LogP contribution in [0.5, 0.6) is 0 Å². The normalized spacial score (nSPS) is 34.2. The predicted molar refractivity (Wildman–Crippen MR) is 99.0 cm³/mol. The molecule has 1 N–H and O–H groups in total. The molecule has 0 amide bonds. The molecule has 5 nitrogen and oxygen atoms in total. The highest BCUT2D eigenvalue weighted by Gasteiger charge is 2.36. The van der Waals surface area contributed by atoms with Crippen molar-refractivity contribution in [3.8, 4) is 0 Å². The SMILES string of the molecule is CCC(C)NC(=NCC1CCS(=O)(=O)C1)N1CC2CCCCC2C1. The van der Waals surface area contributed by atoms with Crippen LogP contribution in [0.1, 0.15) is 52.4 Å². The van der Waals surface area contributed by atoms with Gasteiger partial charge in [0, 0.05) is 25.7 Å². The molecule has 6 heteroatoms. The molecule has 3 rings (SSSR count). The van der Waals surface area contributed by atoms with Crippen molar-refractivity contribution in [2.24, 2.45) is 22.7 Å². The Balaban J connectivity index is 1.65. The zero-order valence-electron chi connectivity index (χ0n) is 15.2. The van der Waals surface area contributed by atoms with E-state index in [1.807, 2.05) is 0 Å². The Kier molecular flexibility index (Phi) is 5.73. The molecular formula is C18H33N3O2S. The van der Waals surface area contributed by atoms with Crippen LogP contribution >= 0.6 is 0 Å². The fourth-order valence-electron chi connectivity index (χ4n) is 4.37. The molecule has 1 aliphatic carbocycles. The molecule has 2 heterocycles. The second kappa shape index (κ2) is 7.63. The fourth-order valence-corrected chi connectivity index (χ4v) is 6.22. The van der Waals surface area contributed by atoms with Gasteiger partial charge in [-0.1, -0.05) is 19.8 Å². The third-order valence-electron chi connectivity index (χ3n) is 6.09. The van der Waals surface area contributed by atoms with E-state index in [9.17, 15) is 8.42 Å². The highest BCUT2D eigenvalue weighted by Crippen LogP contribution is 2.36. The summed E-state index contributed by atoms with van der Waals surface area (Å²) in [6.45, 7) is 7.26. The van der Waals surface area contributed by atoms with Crippen molar-refractivity contribution >= 4 is 15.8 Å². The Labute approximate surface area is 147 Å². The molecule has 0 aromatic rings. The number of nitrogens with one attached hydrogen (secondary N) is 1. The largest absolute Gasteiger partial charge is 0.354 e. The molecular weight excluding hydrogens is 322 g/mol. The molecule has 4 atom stereocenters.